The first-order valence-corrected chi connectivity index (χ1v) is 15.3. The molecule has 1 aliphatic carbocycles. The highest BCUT2D eigenvalue weighted by Crippen LogP contribution is 2.43. The number of ether oxygens (including phenoxy) is 1. The zero-order chi connectivity index (χ0) is 32.7. The van der Waals surface area contributed by atoms with Gasteiger partial charge < -0.3 is 18.2 Å². The van der Waals surface area contributed by atoms with Crippen molar-refractivity contribution in [3.8, 4) is 17.2 Å². The van der Waals surface area contributed by atoms with Gasteiger partial charge in [-0.05, 0) is 29.9 Å². The average Bonchev–Trinajstić information content (AvgIpc) is 2.98. The standard InChI is InChI=1S/C27H18N2O14S2/c30-20-10-9-15(11-21(20)31)27-22(32)14-17-23(41-27)12-16(42-44(37,38)25-7-3-1-5-18(25)28(33)34)13-24(17)43-45(39,40)26-8-4-2-6-19(26)29(35)36/h1-13,22,27,32H,14H2/t22-,27-/m1/s1. The molecule has 0 saturated heterocycles. The molecule has 5 rings (SSSR count). The maximum atomic E-state index is 13.3. The van der Waals surface area contributed by atoms with Gasteiger partial charge in [0.2, 0.25) is 11.6 Å². The number of carbonyl (C=O) groups is 2. The van der Waals surface area contributed by atoms with E-state index in [0.717, 1.165) is 48.6 Å². The first-order chi connectivity index (χ1) is 21.2. The van der Waals surface area contributed by atoms with Crippen molar-refractivity contribution in [2.75, 3.05) is 0 Å². The van der Waals surface area contributed by atoms with Crippen molar-refractivity contribution in [1.82, 2.24) is 0 Å². The number of benzene rings is 3. The third kappa shape index (κ3) is 6.14. The summed E-state index contributed by atoms with van der Waals surface area (Å²) in [5.41, 5.74) is -1.73. The predicted octanol–water partition coefficient (Wildman–Crippen LogP) is 2.34. The van der Waals surface area contributed by atoms with E-state index >= 15 is 0 Å². The molecule has 232 valence electrons. The lowest BCUT2D eigenvalue weighted by atomic mass is 9.91. The fourth-order valence-electron chi connectivity index (χ4n) is 4.52. The first kappa shape index (κ1) is 31.0. The SMILES string of the molecule is O=C1C=CC([C@H]2Oc3cc(OS(=O)(=O)c4ccccc4[N+](=O)[O-])cc(OS(=O)(=O)c4ccccc4[N+](=O)[O-])c3C[C@H]2O)=CC1=O. The Bertz CT molecular complexity index is 2070. The third-order valence-electron chi connectivity index (χ3n) is 6.52. The van der Waals surface area contributed by atoms with Crippen molar-refractivity contribution >= 4 is 43.2 Å². The van der Waals surface area contributed by atoms with Crippen LogP contribution in [-0.4, -0.2) is 55.6 Å². The average molecular weight is 659 g/mol. The molecule has 1 N–H and O–H groups in total. The molecule has 16 nitrogen and oxygen atoms in total. The van der Waals surface area contributed by atoms with Gasteiger partial charge in [0.05, 0.1) is 16.0 Å². The number of fused-ring (bicyclic) bond motifs is 1. The molecule has 0 amide bonds. The summed E-state index contributed by atoms with van der Waals surface area (Å²) >= 11 is 0. The van der Waals surface area contributed by atoms with Crippen LogP contribution in [0, 0.1) is 20.2 Å². The summed E-state index contributed by atoms with van der Waals surface area (Å²) in [4.78, 5) is 42.9. The summed E-state index contributed by atoms with van der Waals surface area (Å²) in [6, 6.07) is 10.3. The summed E-state index contributed by atoms with van der Waals surface area (Å²) < 4.78 is 68.9. The first-order valence-electron chi connectivity index (χ1n) is 12.5. The second kappa shape index (κ2) is 11.6. The number of aliphatic hydroxyl groups is 1. The van der Waals surface area contributed by atoms with Crippen molar-refractivity contribution < 1.29 is 54.5 Å². The number of carbonyl (C=O) groups excluding carboxylic acids is 2. The summed E-state index contributed by atoms with van der Waals surface area (Å²) in [5, 5.41) is 33.8. The number of hydrogen-bond acceptors (Lipinski definition) is 14. The minimum Gasteiger partial charge on any atom is -0.482 e. The van der Waals surface area contributed by atoms with E-state index in [0.29, 0.717) is 0 Å². The van der Waals surface area contributed by atoms with Crippen LogP contribution >= 0.6 is 0 Å². The van der Waals surface area contributed by atoms with Crippen molar-refractivity contribution in [2.45, 2.75) is 28.4 Å². The zero-order valence-corrected chi connectivity index (χ0v) is 24.0. The number of allylic oxidation sites excluding steroid dienone is 2. The van der Waals surface area contributed by atoms with Crippen LogP contribution in [0.4, 0.5) is 11.4 Å². The topological polar surface area (TPSA) is 237 Å². The van der Waals surface area contributed by atoms with Crippen LogP contribution in [0.5, 0.6) is 17.2 Å². The quantitative estimate of drug-likeness (QED) is 0.114. The molecule has 0 saturated carbocycles. The Morgan fingerprint density at radius 3 is 1.91 bits per heavy atom. The van der Waals surface area contributed by atoms with E-state index < -0.39 is 92.9 Å². The van der Waals surface area contributed by atoms with Gasteiger partial charge in [-0.2, -0.15) is 16.8 Å². The molecule has 1 heterocycles. The maximum absolute atomic E-state index is 13.3. The normalized spacial score (nSPS) is 17.9. The highest BCUT2D eigenvalue weighted by molar-refractivity contribution is 7.87. The molecular formula is C27H18N2O14S2. The Kier molecular flexibility index (Phi) is 7.96. The molecule has 3 aromatic rings. The molecule has 0 unspecified atom stereocenters. The second-order valence-corrected chi connectivity index (χ2v) is 12.5. The molecule has 0 radical (unpaired) electrons. The highest BCUT2D eigenvalue weighted by atomic mass is 32.2. The van der Waals surface area contributed by atoms with Gasteiger partial charge in [0.25, 0.3) is 11.4 Å². The van der Waals surface area contributed by atoms with Crippen LogP contribution < -0.4 is 13.1 Å². The molecule has 45 heavy (non-hydrogen) atoms. The van der Waals surface area contributed by atoms with Gasteiger partial charge in [-0.1, -0.05) is 30.3 Å². The van der Waals surface area contributed by atoms with Gasteiger partial charge in [-0.3, -0.25) is 29.8 Å². The largest absolute Gasteiger partial charge is 0.482 e. The summed E-state index contributed by atoms with van der Waals surface area (Å²) in [7, 11) is -9.95. The second-order valence-electron chi connectivity index (χ2n) is 9.44. The summed E-state index contributed by atoms with van der Waals surface area (Å²) in [6.45, 7) is 0. The molecule has 2 atom stereocenters. The third-order valence-corrected chi connectivity index (χ3v) is 9.10. The van der Waals surface area contributed by atoms with E-state index in [-0.39, 0.29) is 16.9 Å². The highest BCUT2D eigenvalue weighted by Gasteiger charge is 2.37. The lowest BCUT2D eigenvalue weighted by Crippen LogP contribution is -2.39. The monoisotopic (exact) mass is 658 g/mol. The van der Waals surface area contributed by atoms with Gasteiger partial charge in [-0.15, -0.1) is 0 Å². The zero-order valence-electron chi connectivity index (χ0n) is 22.3. The Morgan fingerprint density at radius 2 is 1.36 bits per heavy atom. The summed E-state index contributed by atoms with van der Waals surface area (Å²) in [6.07, 6.45) is -0.0852. The molecule has 3 aromatic carbocycles. The van der Waals surface area contributed by atoms with Gasteiger partial charge >= 0.3 is 20.2 Å². The van der Waals surface area contributed by atoms with Crippen LogP contribution in [0.3, 0.4) is 0 Å². The van der Waals surface area contributed by atoms with Gasteiger partial charge in [0.1, 0.15) is 17.6 Å². The van der Waals surface area contributed by atoms with E-state index in [2.05, 4.69) is 0 Å². The fourth-order valence-corrected chi connectivity index (χ4v) is 6.72. The minimum absolute atomic E-state index is 0.0617. The maximum Gasteiger partial charge on any atom is 0.346 e. The predicted molar refractivity (Wildman–Crippen MR) is 150 cm³/mol. The van der Waals surface area contributed by atoms with E-state index in [4.69, 9.17) is 13.1 Å². The van der Waals surface area contributed by atoms with Gasteiger partial charge in [0, 0.05) is 36.2 Å². The lowest BCUT2D eigenvalue weighted by Gasteiger charge is -2.32. The van der Waals surface area contributed by atoms with Crippen molar-refractivity contribution in [3.05, 3.63) is 110 Å². The molecule has 2 aliphatic rings. The molecule has 0 aromatic heterocycles. The number of aliphatic hydroxyl groups excluding tert-OH is 1. The van der Waals surface area contributed by atoms with Crippen LogP contribution in [0.1, 0.15) is 5.56 Å². The summed E-state index contributed by atoms with van der Waals surface area (Å²) in [5.74, 6) is -3.34. The Labute approximate surface area is 253 Å². The van der Waals surface area contributed by atoms with Crippen LogP contribution in [0.25, 0.3) is 0 Å². The van der Waals surface area contributed by atoms with Gasteiger partial charge in [0.15, 0.2) is 15.5 Å². The number of rotatable bonds is 9. The van der Waals surface area contributed by atoms with E-state index in [1.54, 1.807) is 0 Å². The van der Waals surface area contributed by atoms with Crippen molar-refractivity contribution in [1.29, 1.82) is 0 Å². The number of nitro groups is 2. The Balaban J connectivity index is 1.62. The van der Waals surface area contributed by atoms with E-state index in [1.165, 1.54) is 30.3 Å². The molecule has 18 heteroatoms. The molecule has 0 bridgehead atoms. The molecule has 0 spiro atoms. The van der Waals surface area contributed by atoms with Gasteiger partial charge in [-0.25, -0.2) is 0 Å². The molecule has 1 aliphatic heterocycles. The number of nitrogens with zero attached hydrogens (tertiary/aromatic N) is 2. The number of nitro benzene ring substituents is 2. The van der Waals surface area contributed by atoms with Crippen LogP contribution in [-0.2, 0) is 36.2 Å². The number of para-hydroxylation sites is 2. The molecule has 0 fully saturated rings. The molecular weight excluding hydrogens is 640 g/mol. The van der Waals surface area contributed by atoms with Crippen LogP contribution in [0.15, 0.2) is 94.3 Å². The smallest absolute Gasteiger partial charge is 0.346 e. The lowest BCUT2D eigenvalue weighted by molar-refractivity contribution is -0.388. The number of hydrogen-bond donors (Lipinski definition) is 1. The van der Waals surface area contributed by atoms with Crippen molar-refractivity contribution in [2.24, 2.45) is 0 Å². The van der Waals surface area contributed by atoms with Crippen molar-refractivity contribution in [3.63, 3.8) is 0 Å². The van der Waals surface area contributed by atoms with E-state index in [9.17, 15) is 51.8 Å². The number of ketones is 2. The fraction of sp³-hybridized carbons (Fsp3) is 0.111. The Morgan fingerprint density at radius 1 is 0.800 bits per heavy atom. The Hall–Kier alpha value is -5.46. The van der Waals surface area contributed by atoms with E-state index in [1.807, 2.05) is 0 Å². The van der Waals surface area contributed by atoms with Crippen LogP contribution in [0.2, 0.25) is 0 Å². The minimum atomic E-state index is -5.00.